The van der Waals surface area contributed by atoms with E-state index in [1.165, 1.54) is 13.5 Å². The Bertz CT molecular complexity index is 626. The van der Waals surface area contributed by atoms with Gasteiger partial charge in [0, 0.05) is 12.1 Å². The van der Waals surface area contributed by atoms with Crippen molar-refractivity contribution in [3.8, 4) is 5.75 Å². The fourth-order valence-corrected chi connectivity index (χ4v) is 4.02. The summed E-state index contributed by atoms with van der Waals surface area (Å²) in [4.78, 5) is 12.0. The molecule has 3 N–H and O–H groups in total. The van der Waals surface area contributed by atoms with Crippen molar-refractivity contribution < 1.29 is 14.3 Å². The Hall–Kier alpha value is -1.91. The number of hydrogen-bond acceptors (Lipinski definition) is 5. The molecular weight excluding hydrogens is 316 g/mol. The lowest BCUT2D eigenvalue weighted by Gasteiger charge is -2.39. The number of nitrogen functional groups attached to an aromatic ring is 1. The lowest BCUT2D eigenvalue weighted by atomic mass is 9.70. The number of carbonyl (C=O) groups is 1. The highest BCUT2D eigenvalue weighted by Gasteiger charge is 2.32. The van der Waals surface area contributed by atoms with E-state index in [1.807, 2.05) is 19.9 Å². The number of rotatable bonds is 5. The first-order valence-electron chi connectivity index (χ1n) is 9.06. The van der Waals surface area contributed by atoms with Gasteiger partial charge in [-0.3, -0.25) is 0 Å². The van der Waals surface area contributed by atoms with Crippen LogP contribution in [0.5, 0.6) is 5.75 Å². The summed E-state index contributed by atoms with van der Waals surface area (Å²) in [7, 11) is 1.36. The highest BCUT2D eigenvalue weighted by molar-refractivity contribution is 5.95. The minimum absolute atomic E-state index is 0.0477. The van der Waals surface area contributed by atoms with Crippen LogP contribution in [0.25, 0.3) is 0 Å². The fourth-order valence-electron chi connectivity index (χ4n) is 4.02. The Labute approximate surface area is 151 Å². The third-order valence-electron chi connectivity index (χ3n) is 4.67. The van der Waals surface area contributed by atoms with Crippen molar-refractivity contribution in [2.75, 3.05) is 18.2 Å². The van der Waals surface area contributed by atoms with Crippen molar-refractivity contribution in [3.05, 3.63) is 17.7 Å². The minimum Gasteiger partial charge on any atom is -0.490 e. The van der Waals surface area contributed by atoms with Crippen LogP contribution in [0.1, 0.15) is 64.2 Å². The van der Waals surface area contributed by atoms with Crippen LogP contribution in [0.3, 0.4) is 0 Å². The van der Waals surface area contributed by atoms with Crippen LogP contribution in [0, 0.1) is 11.3 Å². The van der Waals surface area contributed by atoms with E-state index in [4.69, 9.17) is 15.2 Å². The minimum atomic E-state index is -0.443. The van der Waals surface area contributed by atoms with Crippen LogP contribution in [-0.2, 0) is 4.74 Å². The summed E-state index contributed by atoms with van der Waals surface area (Å²) < 4.78 is 10.7. The van der Waals surface area contributed by atoms with E-state index < -0.39 is 5.97 Å². The summed E-state index contributed by atoms with van der Waals surface area (Å²) in [5, 5.41) is 3.58. The molecule has 0 aromatic heterocycles. The topological polar surface area (TPSA) is 73.6 Å². The van der Waals surface area contributed by atoms with E-state index in [0.29, 0.717) is 34.4 Å². The van der Waals surface area contributed by atoms with Gasteiger partial charge < -0.3 is 20.5 Å². The molecule has 0 bridgehead atoms. The molecule has 0 radical (unpaired) electrons. The zero-order chi connectivity index (χ0) is 18.8. The van der Waals surface area contributed by atoms with E-state index in [0.717, 1.165) is 18.5 Å². The van der Waals surface area contributed by atoms with Crippen LogP contribution in [0.2, 0.25) is 0 Å². The van der Waals surface area contributed by atoms with E-state index >= 15 is 0 Å². The molecule has 1 aliphatic carbocycles. The van der Waals surface area contributed by atoms with E-state index in [9.17, 15) is 4.79 Å². The first kappa shape index (κ1) is 19.4. The van der Waals surface area contributed by atoms with Gasteiger partial charge in [-0.25, -0.2) is 4.79 Å². The van der Waals surface area contributed by atoms with Gasteiger partial charge in [0.25, 0.3) is 0 Å². The smallest absolute Gasteiger partial charge is 0.341 e. The van der Waals surface area contributed by atoms with Gasteiger partial charge in [0.2, 0.25) is 0 Å². The molecule has 0 spiro atoms. The van der Waals surface area contributed by atoms with Gasteiger partial charge in [0.05, 0.1) is 24.6 Å². The lowest BCUT2D eigenvalue weighted by Crippen LogP contribution is -2.35. The first-order valence-corrected chi connectivity index (χ1v) is 9.06. The monoisotopic (exact) mass is 348 g/mol. The van der Waals surface area contributed by atoms with Gasteiger partial charge in [-0.05, 0) is 50.5 Å². The van der Waals surface area contributed by atoms with Gasteiger partial charge in [0.15, 0.2) is 0 Å². The fraction of sp³-hybridized carbons (Fsp3) is 0.650. The molecule has 0 unspecified atom stereocenters. The van der Waals surface area contributed by atoms with Gasteiger partial charge >= 0.3 is 5.97 Å². The second kappa shape index (κ2) is 7.54. The van der Waals surface area contributed by atoms with Crippen LogP contribution in [-0.4, -0.2) is 25.2 Å². The molecule has 2 atom stereocenters. The number of nitrogens with two attached hydrogens (primary N) is 1. The molecule has 0 amide bonds. The van der Waals surface area contributed by atoms with Gasteiger partial charge in [0.1, 0.15) is 11.3 Å². The second-order valence-corrected chi connectivity index (χ2v) is 8.35. The number of hydrogen-bond donors (Lipinski definition) is 2. The summed E-state index contributed by atoms with van der Waals surface area (Å²) in [5.74, 6) is 0.728. The maximum Gasteiger partial charge on any atom is 0.341 e. The van der Waals surface area contributed by atoms with Crippen LogP contribution >= 0.6 is 0 Å². The first-order chi connectivity index (χ1) is 11.6. The SMILES string of the molecule is COC(=O)c1cc(N)c(N[C@H]2C[C@H](C)CC(C)(C)C2)cc1OC(C)C. The van der Waals surface area contributed by atoms with Gasteiger partial charge in [-0.2, -0.15) is 0 Å². The number of ether oxygens (including phenoxy) is 2. The molecule has 140 valence electrons. The quantitative estimate of drug-likeness (QED) is 0.607. The molecule has 1 saturated carbocycles. The third-order valence-corrected chi connectivity index (χ3v) is 4.67. The molecule has 1 fully saturated rings. The molecule has 0 aliphatic heterocycles. The molecule has 1 aromatic carbocycles. The average molecular weight is 348 g/mol. The largest absolute Gasteiger partial charge is 0.490 e. The zero-order valence-electron chi connectivity index (χ0n) is 16.3. The van der Waals surface area contributed by atoms with Crippen molar-refractivity contribution in [2.24, 2.45) is 11.3 Å². The summed E-state index contributed by atoms with van der Waals surface area (Å²) in [6.07, 6.45) is 3.40. The lowest BCUT2D eigenvalue weighted by molar-refractivity contribution is 0.0594. The molecular formula is C20H32N2O3. The molecule has 5 nitrogen and oxygen atoms in total. The Balaban J connectivity index is 2.30. The summed E-state index contributed by atoms with van der Waals surface area (Å²) in [5.41, 5.74) is 8.23. The maximum absolute atomic E-state index is 12.0. The molecule has 1 aliphatic rings. The standard InChI is InChI=1S/C20H32N2O3/c1-12(2)25-18-9-17(16(21)8-15(18)19(23)24-6)22-14-7-13(3)10-20(4,5)11-14/h8-9,12-14,22H,7,10-11,21H2,1-6H3/t13-,14-/m0/s1. The van der Waals surface area contributed by atoms with Crippen molar-refractivity contribution in [1.82, 2.24) is 0 Å². The second-order valence-electron chi connectivity index (χ2n) is 8.35. The van der Waals surface area contributed by atoms with Crippen molar-refractivity contribution in [3.63, 3.8) is 0 Å². The number of anilines is 2. The summed E-state index contributed by atoms with van der Waals surface area (Å²) in [6, 6.07) is 3.83. The predicted octanol–water partition coefficient (Wildman–Crippen LogP) is 4.47. The van der Waals surface area contributed by atoms with E-state index in [1.54, 1.807) is 6.07 Å². The molecule has 0 saturated heterocycles. The van der Waals surface area contributed by atoms with Gasteiger partial charge in [-0.15, -0.1) is 0 Å². The highest BCUT2D eigenvalue weighted by Crippen LogP contribution is 2.40. The van der Waals surface area contributed by atoms with Crippen molar-refractivity contribution >= 4 is 17.3 Å². The predicted molar refractivity (Wildman–Crippen MR) is 102 cm³/mol. The molecule has 5 heteroatoms. The Morgan fingerprint density at radius 2 is 2.00 bits per heavy atom. The average Bonchev–Trinajstić information content (AvgIpc) is 2.46. The van der Waals surface area contributed by atoms with Crippen LogP contribution in [0.15, 0.2) is 12.1 Å². The Morgan fingerprint density at radius 3 is 2.56 bits per heavy atom. The molecule has 0 heterocycles. The van der Waals surface area contributed by atoms with Crippen LogP contribution < -0.4 is 15.8 Å². The van der Waals surface area contributed by atoms with Crippen molar-refractivity contribution in [2.45, 2.75) is 66.0 Å². The zero-order valence-corrected chi connectivity index (χ0v) is 16.3. The molecule has 25 heavy (non-hydrogen) atoms. The van der Waals surface area contributed by atoms with E-state index in [-0.39, 0.29) is 6.10 Å². The van der Waals surface area contributed by atoms with Crippen molar-refractivity contribution in [1.29, 1.82) is 0 Å². The number of benzene rings is 1. The van der Waals surface area contributed by atoms with Crippen LogP contribution in [0.4, 0.5) is 11.4 Å². The van der Waals surface area contributed by atoms with Gasteiger partial charge in [-0.1, -0.05) is 20.8 Å². The Morgan fingerprint density at radius 1 is 1.32 bits per heavy atom. The summed E-state index contributed by atoms with van der Waals surface area (Å²) in [6.45, 7) is 10.8. The molecule has 2 rings (SSSR count). The Kier molecular flexibility index (Phi) is 5.86. The summed E-state index contributed by atoms with van der Waals surface area (Å²) >= 11 is 0. The number of nitrogens with one attached hydrogen (secondary N) is 1. The number of esters is 1. The highest BCUT2D eigenvalue weighted by atomic mass is 16.5. The number of carbonyl (C=O) groups excluding carboxylic acids is 1. The third kappa shape index (κ3) is 5.03. The maximum atomic E-state index is 12.0. The molecule has 1 aromatic rings. The number of methoxy groups -OCH3 is 1. The van der Waals surface area contributed by atoms with E-state index in [2.05, 4.69) is 26.1 Å². The normalized spacial score (nSPS) is 22.5.